The van der Waals surface area contributed by atoms with Crippen LogP contribution in [0.5, 0.6) is 0 Å². The summed E-state index contributed by atoms with van der Waals surface area (Å²) in [5.41, 5.74) is 9.25. The van der Waals surface area contributed by atoms with Crippen LogP contribution in [0.4, 0.5) is 0 Å². The second-order valence-electron chi connectivity index (χ2n) is 9.64. The van der Waals surface area contributed by atoms with E-state index >= 15 is 0 Å². The van der Waals surface area contributed by atoms with Crippen molar-refractivity contribution in [3.05, 3.63) is 140 Å². The smallest absolute Gasteiger partial charge is 0.145 e. The molecular formula is C35H23N3. The molecule has 0 aliphatic carbocycles. The van der Waals surface area contributed by atoms with Gasteiger partial charge < -0.3 is 4.57 Å². The Balaban J connectivity index is 1.55. The highest BCUT2D eigenvalue weighted by atomic mass is 15.0. The third kappa shape index (κ3) is 2.93. The Kier molecular flexibility index (Phi) is 4.52. The second-order valence-corrected chi connectivity index (χ2v) is 9.64. The van der Waals surface area contributed by atoms with Gasteiger partial charge in [-0.15, -0.1) is 0 Å². The van der Waals surface area contributed by atoms with Crippen molar-refractivity contribution in [2.75, 3.05) is 0 Å². The van der Waals surface area contributed by atoms with E-state index in [0.29, 0.717) is 0 Å². The maximum Gasteiger partial charge on any atom is 0.145 e. The lowest BCUT2D eigenvalue weighted by Gasteiger charge is -2.12. The molecule has 0 amide bonds. The molecule has 5 aromatic carbocycles. The van der Waals surface area contributed by atoms with Gasteiger partial charge in [-0.3, -0.25) is 4.57 Å². The van der Waals surface area contributed by atoms with E-state index in [4.69, 9.17) is 4.98 Å². The Labute approximate surface area is 219 Å². The van der Waals surface area contributed by atoms with Crippen molar-refractivity contribution < 1.29 is 0 Å². The van der Waals surface area contributed by atoms with E-state index in [-0.39, 0.29) is 0 Å². The highest BCUT2D eigenvalue weighted by Crippen LogP contribution is 2.43. The molecule has 0 spiro atoms. The second kappa shape index (κ2) is 8.19. The average molecular weight is 486 g/mol. The molecule has 0 N–H and O–H groups in total. The summed E-state index contributed by atoms with van der Waals surface area (Å²) in [5.74, 6) is 0. The Hall–Kier alpha value is -5.15. The quantitative estimate of drug-likeness (QED) is 0.245. The molecule has 178 valence electrons. The summed E-state index contributed by atoms with van der Waals surface area (Å²) in [6.07, 6.45) is 1.88. The van der Waals surface area contributed by atoms with Gasteiger partial charge in [0, 0.05) is 44.7 Å². The van der Waals surface area contributed by atoms with Crippen LogP contribution in [0.3, 0.4) is 0 Å². The lowest BCUT2D eigenvalue weighted by molar-refractivity contribution is 1.14. The molecule has 8 aromatic rings. The van der Waals surface area contributed by atoms with Crippen molar-refractivity contribution in [3.8, 4) is 22.5 Å². The van der Waals surface area contributed by atoms with E-state index in [1.165, 1.54) is 43.8 Å². The molecule has 0 atom stereocenters. The third-order valence-corrected chi connectivity index (χ3v) is 7.56. The first-order valence-corrected chi connectivity index (χ1v) is 12.9. The van der Waals surface area contributed by atoms with Crippen LogP contribution < -0.4 is 0 Å². The van der Waals surface area contributed by atoms with E-state index < -0.39 is 0 Å². The van der Waals surface area contributed by atoms with Gasteiger partial charge in [-0.05, 0) is 54.1 Å². The van der Waals surface area contributed by atoms with E-state index in [9.17, 15) is 0 Å². The highest BCUT2D eigenvalue weighted by Gasteiger charge is 2.20. The number of benzene rings is 5. The van der Waals surface area contributed by atoms with Gasteiger partial charge in [0.2, 0.25) is 0 Å². The lowest BCUT2D eigenvalue weighted by atomic mass is 9.97. The Morgan fingerprint density at radius 3 is 1.84 bits per heavy atom. The Bertz CT molecular complexity index is 2120. The fraction of sp³-hybridized carbons (Fsp3) is 0. The average Bonchev–Trinajstić information content (AvgIpc) is 3.51. The van der Waals surface area contributed by atoms with Crippen molar-refractivity contribution in [2.45, 2.75) is 0 Å². The Morgan fingerprint density at radius 1 is 0.421 bits per heavy atom. The molecule has 0 saturated heterocycles. The molecule has 0 unspecified atom stereocenters. The zero-order valence-electron chi connectivity index (χ0n) is 20.6. The number of hydrogen-bond acceptors (Lipinski definition) is 1. The molecule has 0 aliphatic rings. The summed E-state index contributed by atoms with van der Waals surface area (Å²) in [4.78, 5) is 4.84. The number of rotatable bonds is 3. The van der Waals surface area contributed by atoms with Gasteiger partial charge in [-0.1, -0.05) is 84.9 Å². The van der Waals surface area contributed by atoms with Gasteiger partial charge in [0.15, 0.2) is 0 Å². The number of para-hydroxylation sites is 4. The largest absolute Gasteiger partial charge is 0.309 e. The third-order valence-electron chi connectivity index (χ3n) is 7.56. The van der Waals surface area contributed by atoms with Crippen molar-refractivity contribution in [1.82, 2.24) is 14.1 Å². The first-order valence-electron chi connectivity index (χ1n) is 12.9. The van der Waals surface area contributed by atoms with Crippen LogP contribution in [0, 0.1) is 0 Å². The summed E-state index contributed by atoms with van der Waals surface area (Å²) in [5, 5.41) is 4.88. The fourth-order valence-electron chi connectivity index (χ4n) is 6.04. The Morgan fingerprint density at radius 2 is 1.03 bits per heavy atom. The van der Waals surface area contributed by atoms with E-state index in [2.05, 4.69) is 137 Å². The van der Waals surface area contributed by atoms with Crippen LogP contribution in [0.2, 0.25) is 0 Å². The zero-order chi connectivity index (χ0) is 25.1. The molecule has 3 heteroatoms. The number of aromatic nitrogens is 3. The normalized spacial score (nSPS) is 11.7. The molecule has 0 radical (unpaired) electrons. The summed E-state index contributed by atoms with van der Waals surface area (Å²) in [6.45, 7) is 0. The fourth-order valence-corrected chi connectivity index (χ4v) is 6.04. The van der Waals surface area contributed by atoms with Crippen LogP contribution in [-0.2, 0) is 0 Å². The van der Waals surface area contributed by atoms with E-state index in [1.807, 2.05) is 12.3 Å². The summed E-state index contributed by atoms with van der Waals surface area (Å²) in [6, 6.07) is 47.5. The molecular weight excluding hydrogens is 462 g/mol. The van der Waals surface area contributed by atoms with Gasteiger partial charge in [-0.25, -0.2) is 4.98 Å². The van der Waals surface area contributed by atoms with Gasteiger partial charge >= 0.3 is 0 Å². The molecule has 3 aromatic heterocycles. The minimum atomic E-state index is 0.972. The maximum absolute atomic E-state index is 4.84. The van der Waals surface area contributed by atoms with Crippen LogP contribution in [0.1, 0.15) is 0 Å². The first-order chi connectivity index (χ1) is 18.9. The minimum absolute atomic E-state index is 0.972. The molecule has 0 bridgehead atoms. The predicted octanol–water partition coefficient (Wildman–Crippen LogP) is 8.94. The van der Waals surface area contributed by atoms with Crippen LogP contribution in [0.15, 0.2) is 140 Å². The van der Waals surface area contributed by atoms with Crippen LogP contribution in [0.25, 0.3) is 66.2 Å². The van der Waals surface area contributed by atoms with Crippen LogP contribution in [-0.4, -0.2) is 14.1 Å². The summed E-state index contributed by atoms with van der Waals surface area (Å²) in [7, 11) is 0. The number of nitrogens with zero attached hydrogens (tertiary/aromatic N) is 3. The number of hydrogen-bond donors (Lipinski definition) is 0. The summed E-state index contributed by atoms with van der Waals surface area (Å²) >= 11 is 0. The van der Waals surface area contributed by atoms with Crippen molar-refractivity contribution >= 4 is 43.7 Å². The standard InChI is InChI=1S/C35H23N3/c1-3-12-24(13-4-1)37-31-21-8-7-16-30(31)33-26(17-10-22-32(33)37)27-18-9-19-28-29-20-11-23-36-35(29)38(34(27)28)25-14-5-2-6-15-25/h1-23H. The maximum atomic E-state index is 4.84. The molecule has 3 heterocycles. The molecule has 3 nitrogen and oxygen atoms in total. The molecule has 0 saturated carbocycles. The van der Waals surface area contributed by atoms with Crippen molar-refractivity contribution in [1.29, 1.82) is 0 Å². The molecule has 38 heavy (non-hydrogen) atoms. The van der Waals surface area contributed by atoms with Crippen molar-refractivity contribution in [3.63, 3.8) is 0 Å². The topological polar surface area (TPSA) is 22.8 Å². The van der Waals surface area contributed by atoms with Gasteiger partial charge in [-0.2, -0.15) is 0 Å². The van der Waals surface area contributed by atoms with E-state index in [0.717, 1.165) is 22.4 Å². The lowest BCUT2D eigenvalue weighted by Crippen LogP contribution is -1.96. The molecule has 0 fully saturated rings. The van der Waals surface area contributed by atoms with Crippen LogP contribution >= 0.6 is 0 Å². The molecule has 8 rings (SSSR count). The van der Waals surface area contributed by atoms with Gasteiger partial charge in [0.05, 0.1) is 16.6 Å². The van der Waals surface area contributed by atoms with Gasteiger partial charge in [0.1, 0.15) is 5.65 Å². The monoisotopic (exact) mass is 485 g/mol. The van der Waals surface area contributed by atoms with Crippen molar-refractivity contribution in [2.24, 2.45) is 0 Å². The van der Waals surface area contributed by atoms with Gasteiger partial charge in [0.25, 0.3) is 0 Å². The summed E-state index contributed by atoms with van der Waals surface area (Å²) < 4.78 is 4.69. The van der Waals surface area contributed by atoms with E-state index in [1.54, 1.807) is 0 Å². The predicted molar refractivity (Wildman–Crippen MR) is 158 cm³/mol. The number of fused-ring (bicyclic) bond motifs is 6. The highest BCUT2D eigenvalue weighted by molar-refractivity contribution is 6.20. The minimum Gasteiger partial charge on any atom is -0.309 e. The zero-order valence-corrected chi connectivity index (χ0v) is 20.6. The molecule has 0 aliphatic heterocycles. The SMILES string of the molecule is c1ccc(-n2c3ccccc3c3c(-c4cccc5c6cccnc6n(-c6ccccc6)c45)cccc32)cc1. The first kappa shape index (κ1) is 21.0. The number of pyridine rings is 1.